The van der Waals surface area contributed by atoms with Crippen LogP contribution in [0.25, 0.3) is 5.69 Å². The summed E-state index contributed by atoms with van der Waals surface area (Å²) in [6.45, 7) is 0.568. The van der Waals surface area contributed by atoms with Gasteiger partial charge in [-0.1, -0.05) is 44.9 Å². The molecule has 2 aliphatic rings. The van der Waals surface area contributed by atoms with Crippen LogP contribution in [0.5, 0.6) is 0 Å². The largest absolute Gasteiger partial charge is 0.363 e. The van der Waals surface area contributed by atoms with E-state index in [1.54, 1.807) is 0 Å². The average molecular weight is 369 g/mol. The summed E-state index contributed by atoms with van der Waals surface area (Å²) in [4.78, 5) is 0. The van der Waals surface area contributed by atoms with Gasteiger partial charge in [-0.25, -0.2) is 4.57 Å². The Balaban J connectivity index is 1.61. The van der Waals surface area contributed by atoms with Crippen molar-refractivity contribution in [2.45, 2.75) is 25.2 Å². The lowest BCUT2D eigenvalue weighted by Gasteiger charge is -2.23. The molecular weight excluding hydrogens is 354 g/mol. The molecule has 1 aliphatic carbocycles. The highest BCUT2D eigenvalue weighted by Gasteiger charge is 2.43. The van der Waals surface area contributed by atoms with Crippen molar-refractivity contribution in [1.82, 2.24) is 9.78 Å². The van der Waals surface area contributed by atoms with Gasteiger partial charge in [-0.3, -0.25) is 0 Å². The smallest absolute Gasteiger partial charge is 0.304 e. The molecule has 5 rings (SSSR count). The summed E-state index contributed by atoms with van der Waals surface area (Å²) in [5.74, 6) is 0.978. The van der Waals surface area contributed by atoms with E-state index in [4.69, 9.17) is 9.84 Å². The maximum atomic E-state index is 6.07. The third kappa shape index (κ3) is 2.07. The monoisotopic (exact) mass is 368 g/mol. The van der Waals surface area contributed by atoms with E-state index >= 15 is 0 Å². The van der Waals surface area contributed by atoms with E-state index in [9.17, 15) is 0 Å². The molecule has 0 radical (unpaired) electrons. The number of halogens is 1. The molecule has 2 atom stereocenters. The van der Waals surface area contributed by atoms with Crippen LogP contribution in [-0.4, -0.2) is 15.9 Å². The summed E-state index contributed by atoms with van der Waals surface area (Å²) in [7, 11) is 0. The first kappa shape index (κ1) is 13.5. The van der Waals surface area contributed by atoms with Crippen molar-refractivity contribution in [3.63, 3.8) is 0 Å². The molecule has 1 aliphatic heterocycles. The van der Waals surface area contributed by atoms with Crippen LogP contribution in [0.3, 0.4) is 0 Å². The zero-order chi connectivity index (χ0) is 15.4. The van der Waals surface area contributed by atoms with Crippen molar-refractivity contribution >= 4 is 15.9 Å². The Morgan fingerprint density at radius 2 is 1.96 bits per heavy atom. The first-order chi connectivity index (χ1) is 11.3. The number of fused-ring (bicyclic) bond motifs is 5. The number of ether oxygens (including phenoxy) is 1. The summed E-state index contributed by atoms with van der Waals surface area (Å²) >= 11 is 3.48. The third-order valence-corrected chi connectivity index (χ3v) is 5.25. The number of hydrogen-bond acceptors (Lipinski definition) is 2. The standard InChI is InChI=1S/C18H15BrN3O/c19-13-5-7-14(8-6-13)22-11-21-17(20-22)10-23-16-9-12-3-1-2-4-15(12)18(16)21/h1-8,11,16,18H,9-10H2/q+1/t16-,18+/m1/s1. The van der Waals surface area contributed by atoms with Crippen LogP contribution in [0.15, 0.2) is 59.3 Å². The molecule has 0 saturated carbocycles. The van der Waals surface area contributed by atoms with Gasteiger partial charge in [0.2, 0.25) is 6.33 Å². The first-order valence-corrected chi connectivity index (χ1v) is 8.54. The van der Waals surface area contributed by atoms with Crippen LogP contribution >= 0.6 is 15.9 Å². The lowest BCUT2D eigenvalue weighted by molar-refractivity contribution is -0.739. The van der Waals surface area contributed by atoms with Crippen LogP contribution in [0.4, 0.5) is 0 Å². The van der Waals surface area contributed by atoms with E-state index in [2.05, 4.69) is 63.2 Å². The van der Waals surface area contributed by atoms with Gasteiger partial charge in [0.15, 0.2) is 0 Å². The van der Waals surface area contributed by atoms with Crippen molar-refractivity contribution in [1.29, 1.82) is 0 Å². The minimum atomic E-state index is 0.215. The second kappa shape index (κ2) is 5.01. The van der Waals surface area contributed by atoms with Crippen LogP contribution in [-0.2, 0) is 17.8 Å². The fourth-order valence-corrected chi connectivity index (χ4v) is 3.90. The Morgan fingerprint density at radius 1 is 1.13 bits per heavy atom. The summed E-state index contributed by atoms with van der Waals surface area (Å²) in [6, 6.07) is 17.0. The minimum absolute atomic E-state index is 0.215. The van der Waals surface area contributed by atoms with Gasteiger partial charge in [0.25, 0.3) is 0 Å². The molecule has 3 aromatic rings. The zero-order valence-corrected chi connectivity index (χ0v) is 14.0. The fraction of sp³-hybridized carbons (Fsp3) is 0.222. The molecule has 23 heavy (non-hydrogen) atoms. The van der Waals surface area contributed by atoms with Crippen molar-refractivity contribution in [2.24, 2.45) is 0 Å². The molecule has 0 amide bonds. The molecule has 2 aromatic carbocycles. The molecule has 0 bridgehead atoms. The van der Waals surface area contributed by atoms with Gasteiger partial charge in [0, 0.05) is 16.0 Å². The SMILES string of the molecule is Brc1ccc(-n2c[n+]3c(n2)CO[C@@H]2Cc4ccccc4[C@@H]23)cc1. The summed E-state index contributed by atoms with van der Waals surface area (Å²) in [5, 5.41) is 4.72. The zero-order valence-electron chi connectivity index (χ0n) is 12.4. The minimum Gasteiger partial charge on any atom is -0.363 e. The number of nitrogens with zero attached hydrogens (tertiary/aromatic N) is 3. The van der Waals surface area contributed by atoms with Gasteiger partial charge in [-0.2, -0.15) is 0 Å². The summed E-state index contributed by atoms with van der Waals surface area (Å²) in [6.07, 6.45) is 3.30. The Labute approximate surface area is 142 Å². The highest BCUT2D eigenvalue weighted by atomic mass is 79.9. The fourth-order valence-electron chi connectivity index (χ4n) is 3.64. The Bertz CT molecular complexity index is 888. The van der Waals surface area contributed by atoms with Crippen molar-refractivity contribution < 1.29 is 9.30 Å². The second-order valence-corrected chi connectivity index (χ2v) is 6.97. The Kier molecular flexibility index (Phi) is 2.93. The molecule has 1 aromatic heterocycles. The van der Waals surface area contributed by atoms with E-state index in [0.717, 1.165) is 22.4 Å². The second-order valence-electron chi connectivity index (χ2n) is 6.06. The number of hydrogen-bond donors (Lipinski definition) is 0. The molecule has 114 valence electrons. The van der Waals surface area contributed by atoms with Crippen molar-refractivity contribution in [3.05, 3.63) is 76.3 Å². The van der Waals surface area contributed by atoms with Crippen LogP contribution < -0.4 is 4.57 Å². The van der Waals surface area contributed by atoms with Crippen molar-refractivity contribution in [3.8, 4) is 5.69 Å². The summed E-state index contributed by atoms with van der Waals surface area (Å²) < 4.78 is 11.4. The molecular formula is C18H15BrN3O+. The van der Waals surface area contributed by atoms with Gasteiger partial charge >= 0.3 is 5.82 Å². The third-order valence-electron chi connectivity index (χ3n) is 4.72. The van der Waals surface area contributed by atoms with E-state index in [0.29, 0.717) is 6.61 Å². The number of benzene rings is 2. The molecule has 0 fully saturated rings. The van der Waals surface area contributed by atoms with E-state index in [1.807, 2.05) is 16.8 Å². The van der Waals surface area contributed by atoms with Gasteiger partial charge in [-0.15, -0.1) is 0 Å². The highest BCUT2D eigenvalue weighted by molar-refractivity contribution is 9.10. The maximum Gasteiger partial charge on any atom is 0.304 e. The van der Waals surface area contributed by atoms with Gasteiger partial charge in [-0.05, 0) is 35.4 Å². The molecule has 0 spiro atoms. The van der Waals surface area contributed by atoms with Crippen molar-refractivity contribution in [2.75, 3.05) is 0 Å². The summed E-state index contributed by atoms with van der Waals surface area (Å²) in [5.41, 5.74) is 3.80. The Hall–Kier alpha value is -1.98. The topological polar surface area (TPSA) is 30.9 Å². The highest BCUT2D eigenvalue weighted by Crippen LogP contribution is 2.35. The van der Waals surface area contributed by atoms with E-state index in [1.165, 1.54) is 11.1 Å². The van der Waals surface area contributed by atoms with Gasteiger partial charge < -0.3 is 4.74 Å². The predicted molar refractivity (Wildman–Crippen MR) is 88.3 cm³/mol. The Morgan fingerprint density at radius 3 is 2.83 bits per heavy atom. The van der Waals surface area contributed by atoms with E-state index < -0.39 is 0 Å². The normalized spacial score (nSPS) is 21.6. The van der Waals surface area contributed by atoms with Gasteiger partial charge in [0.1, 0.15) is 24.4 Å². The molecule has 0 saturated heterocycles. The number of aromatic nitrogens is 3. The molecule has 0 N–H and O–H groups in total. The lowest BCUT2D eigenvalue weighted by Crippen LogP contribution is -2.51. The maximum absolute atomic E-state index is 6.07. The average Bonchev–Trinajstić information content (AvgIpc) is 3.16. The predicted octanol–water partition coefficient (Wildman–Crippen LogP) is 2.97. The van der Waals surface area contributed by atoms with Crippen LogP contribution in [0.2, 0.25) is 0 Å². The quantitative estimate of drug-likeness (QED) is 0.618. The lowest BCUT2D eigenvalue weighted by atomic mass is 10.1. The van der Waals surface area contributed by atoms with Gasteiger partial charge in [0.05, 0.1) is 0 Å². The van der Waals surface area contributed by atoms with Crippen LogP contribution in [0, 0.1) is 0 Å². The molecule has 2 heterocycles. The molecule has 5 heteroatoms. The number of rotatable bonds is 1. The first-order valence-electron chi connectivity index (χ1n) is 7.74. The molecule has 4 nitrogen and oxygen atoms in total. The molecule has 0 unspecified atom stereocenters. The van der Waals surface area contributed by atoms with Crippen LogP contribution in [0.1, 0.15) is 23.0 Å². The van der Waals surface area contributed by atoms with E-state index in [-0.39, 0.29) is 12.1 Å².